The van der Waals surface area contributed by atoms with Crippen molar-refractivity contribution in [2.24, 2.45) is 7.05 Å². The van der Waals surface area contributed by atoms with Gasteiger partial charge in [-0.3, -0.25) is 14.3 Å². The number of nitrogens with zero attached hydrogens (tertiary/aromatic N) is 4. The SMILES string of the molecule is Cn1cc(C(=O)N2CCCN(C(=O)c3ccccc3F)CC2)c(C(F)(F)F)n1. The van der Waals surface area contributed by atoms with Crippen LogP contribution in [0.3, 0.4) is 0 Å². The van der Waals surface area contributed by atoms with Gasteiger partial charge in [0.1, 0.15) is 5.82 Å². The number of carbonyl (C=O) groups is 2. The first-order valence-electron chi connectivity index (χ1n) is 8.62. The lowest BCUT2D eigenvalue weighted by atomic mass is 10.2. The molecule has 10 heteroatoms. The minimum Gasteiger partial charge on any atom is -0.337 e. The Morgan fingerprint density at radius 3 is 2.11 bits per heavy atom. The molecule has 1 fully saturated rings. The first-order valence-corrected chi connectivity index (χ1v) is 8.62. The molecule has 0 spiro atoms. The molecular formula is C18H18F4N4O2. The average molecular weight is 398 g/mol. The van der Waals surface area contributed by atoms with Crippen molar-refractivity contribution in [1.82, 2.24) is 19.6 Å². The fourth-order valence-corrected chi connectivity index (χ4v) is 3.15. The molecule has 0 saturated carbocycles. The molecule has 0 atom stereocenters. The maximum absolute atomic E-state index is 13.9. The molecule has 0 N–H and O–H groups in total. The predicted molar refractivity (Wildman–Crippen MR) is 91.0 cm³/mol. The molecule has 2 heterocycles. The average Bonchev–Trinajstić information content (AvgIpc) is 2.88. The van der Waals surface area contributed by atoms with Gasteiger partial charge in [-0.05, 0) is 18.6 Å². The highest BCUT2D eigenvalue weighted by atomic mass is 19.4. The molecular weight excluding hydrogens is 380 g/mol. The van der Waals surface area contributed by atoms with Crippen LogP contribution in [0.2, 0.25) is 0 Å². The summed E-state index contributed by atoms with van der Waals surface area (Å²) in [5, 5.41) is 3.35. The van der Waals surface area contributed by atoms with Crippen LogP contribution in [0.4, 0.5) is 17.6 Å². The van der Waals surface area contributed by atoms with Gasteiger partial charge in [0.2, 0.25) is 0 Å². The second-order valence-corrected chi connectivity index (χ2v) is 6.48. The summed E-state index contributed by atoms with van der Waals surface area (Å²) in [4.78, 5) is 27.8. The van der Waals surface area contributed by atoms with Crippen molar-refractivity contribution in [3.05, 3.63) is 53.1 Å². The van der Waals surface area contributed by atoms with E-state index >= 15 is 0 Å². The Bertz CT molecular complexity index is 894. The highest BCUT2D eigenvalue weighted by Crippen LogP contribution is 2.31. The van der Waals surface area contributed by atoms with Gasteiger partial charge in [0.25, 0.3) is 11.8 Å². The number of rotatable bonds is 2. The van der Waals surface area contributed by atoms with E-state index in [1.54, 1.807) is 6.07 Å². The number of aromatic nitrogens is 2. The fourth-order valence-electron chi connectivity index (χ4n) is 3.15. The van der Waals surface area contributed by atoms with Gasteiger partial charge in [-0.2, -0.15) is 18.3 Å². The van der Waals surface area contributed by atoms with Gasteiger partial charge in [-0.25, -0.2) is 4.39 Å². The first-order chi connectivity index (χ1) is 13.2. The summed E-state index contributed by atoms with van der Waals surface area (Å²) in [6.45, 7) is 0.605. The molecule has 2 aromatic rings. The van der Waals surface area contributed by atoms with Crippen molar-refractivity contribution in [1.29, 1.82) is 0 Å². The van der Waals surface area contributed by atoms with Crippen molar-refractivity contribution in [2.45, 2.75) is 12.6 Å². The number of carbonyl (C=O) groups excluding carboxylic acids is 2. The maximum Gasteiger partial charge on any atom is 0.435 e. The highest BCUT2D eigenvalue weighted by Gasteiger charge is 2.40. The van der Waals surface area contributed by atoms with Gasteiger partial charge in [-0.15, -0.1) is 0 Å². The van der Waals surface area contributed by atoms with E-state index in [-0.39, 0.29) is 31.7 Å². The minimum absolute atomic E-state index is 0.0468. The lowest BCUT2D eigenvalue weighted by Gasteiger charge is -2.22. The Morgan fingerprint density at radius 2 is 1.54 bits per heavy atom. The largest absolute Gasteiger partial charge is 0.435 e. The van der Waals surface area contributed by atoms with Crippen LogP contribution in [-0.4, -0.2) is 57.6 Å². The number of hydrogen-bond donors (Lipinski definition) is 0. The second-order valence-electron chi connectivity index (χ2n) is 6.48. The number of benzene rings is 1. The normalized spacial score (nSPS) is 15.5. The van der Waals surface area contributed by atoms with Gasteiger partial charge in [-0.1, -0.05) is 12.1 Å². The molecule has 0 bridgehead atoms. The Kier molecular flexibility index (Phi) is 5.39. The molecule has 1 aliphatic rings. The zero-order chi connectivity index (χ0) is 20.5. The molecule has 0 aliphatic carbocycles. The van der Waals surface area contributed by atoms with Crippen LogP contribution in [0.25, 0.3) is 0 Å². The molecule has 0 radical (unpaired) electrons. The van der Waals surface area contributed by atoms with Gasteiger partial charge in [0.05, 0.1) is 11.1 Å². The van der Waals surface area contributed by atoms with Crippen LogP contribution in [0.15, 0.2) is 30.5 Å². The molecule has 1 aromatic heterocycles. The van der Waals surface area contributed by atoms with Crippen LogP contribution in [0.5, 0.6) is 0 Å². The Hall–Kier alpha value is -2.91. The second kappa shape index (κ2) is 7.61. The van der Waals surface area contributed by atoms with Crippen molar-refractivity contribution < 1.29 is 27.2 Å². The third-order valence-corrected chi connectivity index (χ3v) is 4.50. The van der Waals surface area contributed by atoms with Gasteiger partial charge < -0.3 is 9.80 Å². The Balaban J connectivity index is 1.75. The topological polar surface area (TPSA) is 58.4 Å². The smallest absolute Gasteiger partial charge is 0.337 e. The summed E-state index contributed by atoms with van der Waals surface area (Å²) in [6.07, 6.45) is -3.34. The van der Waals surface area contributed by atoms with Crippen LogP contribution < -0.4 is 0 Å². The summed E-state index contributed by atoms with van der Waals surface area (Å²) >= 11 is 0. The fraction of sp³-hybridized carbons (Fsp3) is 0.389. The zero-order valence-electron chi connectivity index (χ0n) is 15.0. The minimum atomic E-state index is -4.75. The summed E-state index contributed by atoms with van der Waals surface area (Å²) in [6, 6.07) is 5.57. The Morgan fingerprint density at radius 1 is 0.964 bits per heavy atom. The quantitative estimate of drug-likeness (QED) is 0.731. The van der Waals surface area contributed by atoms with Crippen molar-refractivity contribution in [2.75, 3.05) is 26.2 Å². The Labute approximate surface area is 158 Å². The van der Waals surface area contributed by atoms with Crippen molar-refractivity contribution in [3.8, 4) is 0 Å². The lowest BCUT2D eigenvalue weighted by molar-refractivity contribution is -0.141. The van der Waals surface area contributed by atoms with E-state index in [1.165, 1.54) is 35.0 Å². The molecule has 1 aliphatic heterocycles. The molecule has 1 aromatic carbocycles. The summed E-state index contributed by atoms with van der Waals surface area (Å²) in [5.41, 5.74) is -1.83. The summed E-state index contributed by atoms with van der Waals surface area (Å²) in [5.74, 6) is -1.94. The van der Waals surface area contributed by atoms with Crippen LogP contribution in [0, 0.1) is 5.82 Å². The summed E-state index contributed by atoms with van der Waals surface area (Å²) in [7, 11) is 1.31. The van der Waals surface area contributed by atoms with Gasteiger partial charge in [0.15, 0.2) is 5.69 Å². The number of aryl methyl sites for hydroxylation is 1. The molecule has 150 valence electrons. The van der Waals surface area contributed by atoms with E-state index in [2.05, 4.69) is 5.10 Å². The summed E-state index contributed by atoms with van der Waals surface area (Å²) < 4.78 is 54.2. The van der Waals surface area contributed by atoms with E-state index < -0.39 is 35.1 Å². The van der Waals surface area contributed by atoms with E-state index in [4.69, 9.17) is 0 Å². The van der Waals surface area contributed by atoms with Crippen LogP contribution in [-0.2, 0) is 13.2 Å². The maximum atomic E-state index is 13.9. The molecule has 3 rings (SSSR count). The van der Waals surface area contributed by atoms with Crippen LogP contribution in [0.1, 0.15) is 32.8 Å². The molecule has 1 saturated heterocycles. The number of hydrogen-bond acceptors (Lipinski definition) is 3. The standard InChI is InChI=1S/C18H18F4N4O2/c1-24-11-13(15(23-24)18(20,21)22)17(28)26-8-4-7-25(9-10-26)16(27)12-5-2-3-6-14(12)19/h2-3,5-6,11H,4,7-10H2,1H3. The first kappa shape index (κ1) is 19.8. The molecule has 28 heavy (non-hydrogen) atoms. The number of amides is 2. The van der Waals surface area contributed by atoms with E-state index in [1.807, 2.05) is 0 Å². The third-order valence-electron chi connectivity index (χ3n) is 4.50. The number of halogens is 4. The monoisotopic (exact) mass is 398 g/mol. The van der Waals surface area contributed by atoms with E-state index in [0.29, 0.717) is 6.42 Å². The van der Waals surface area contributed by atoms with E-state index in [0.717, 1.165) is 10.9 Å². The van der Waals surface area contributed by atoms with E-state index in [9.17, 15) is 27.2 Å². The van der Waals surface area contributed by atoms with Gasteiger partial charge in [0, 0.05) is 39.4 Å². The van der Waals surface area contributed by atoms with Crippen molar-refractivity contribution >= 4 is 11.8 Å². The highest BCUT2D eigenvalue weighted by molar-refractivity contribution is 5.96. The number of alkyl halides is 3. The lowest BCUT2D eigenvalue weighted by Crippen LogP contribution is -2.38. The molecule has 0 unspecified atom stereocenters. The predicted octanol–water partition coefficient (Wildman–Crippen LogP) is 2.57. The third kappa shape index (κ3) is 4.00. The molecule has 2 amide bonds. The van der Waals surface area contributed by atoms with Crippen molar-refractivity contribution in [3.63, 3.8) is 0 Å². The zero-order valence-corrected chi connectivity index (χ0v) is 15.0. The van der Waals surface area contributed by atoms with Crippen LogP contribution >= 0.6 is 0 Å². The van der Waals surface area contributed by atoms with Gasteiger partial charge >= 0.3 is 6.18 Å². The molecule has 6 nitrogen and oxygen atoms in total.